The first kappa shape index (κ1) is 15.3. The van der Waals surface area contributed by atoms with Crippen LogP contribution in [0.1, 0.15) is 5.56 Å². The van der Waals surface area contributed by atoms with E-state index in [4.69, 9.17) is 0 Å². The third-order valence-corrected chi connectivity index (χ3v) is 4.07. The zero-order chi connectivity index (χ0) is 15.5. The van der Waals surface area contributed by atoms with E-state index in [1.807, 2.05) is 0 Å². The van der Waals surface area contributed by atoms with Gasteiger partial charge in [0.05, 0.1) is 16.8 Å². The lowest BCUT2D eigenvalue weighted by atomic mass is 10.2. The smallest absolute Gasteiger partial charge is 0.262 e. The van der Waals surface area contributed by atoms with E-state index in [9.17, 15) is 17.2 Å². The van der Waals surface area contributed by atoms with E-state index >= 15 is 0 Å². The number of nitrogens with one attached hydrogen (secondary N) is 2. The van der Waals surface area contributed by atoms with Crippen molar-refractivity contribution >= 4 is 15.7 Å². The molecule has 0 radical (unpaired) electrons. The van der Waals surface area contributed by atoms with E-state index in [2.05, 4.69) is 15.0 Å². The Morgan fingerprint density at radius 2 is 1.95 bits per heavy atom. The molecule has 1 heterocycles. The maximum absolute atomic E-state index is 13.5. The second-order valence-corrected chi connectivity index (χ2v) is 5.93. The average molecular weight is 313 g/mol. The molecule has 2 aromatic rings. The van der Waals surface area contributed by atoms with Crippen molar-refractivity contribution in [2.24, 2.45) is 0 Å². The number of nitrogens with zero attached hydrogens (tertiary/aromatic N) is 1. The molecule has 0 fully saturated rings. The highest BCUT2D eigenvalue weighted by molar-refractivity contribution is 7.92. The monoisotopic (exact) mass is 313 g/mol. The van der Waals surface area contributed by atoms with Crippen LogP contribution in [-0.2, 0) is 16.6 Å². The van der Waals surface area contributed by atoms with Crippen LogP contribution in [0.15, 0.2) is 41.6 Å². The van der Waals surface area contributed by atoms with Crippen LogP contribution in [0.3, 0.4) is 0 Å². The highest BCUT2D eigenvalue weighted by Gasteiger charge is 2.18. The molecule has 0 atom stereocenters. The summed E-state index contributed by atoms with van der Waals surface area (Å²) in [4.78, 5) is 3.38. The summed E-state index contributed by atoms with van der Waals surface area (Å²) in [5, 5.41) is 2.74. The van der Waals surface area contributed by atoms with Crippen LogP contribution in [0.4, 0.5) is 14.5 Å². The molecule has 0 aliphatic heterocycles. The third kappa shape index (κ3) is 3.53. The van der Waals surface area contributed by atoms with Crippen molar-refractivity contribution in [3.8, 4) is 0 Å². The van der Waals surface area contributed by atoms with Crippen LogP contribution in [0.25, 0.3) is 0 Å². The van der Waals surface area contributed by atoms with E-state index < -0.39 is 21.7 Å². The van der Waals surface area contributed by atoms with Crippen LogP contribution in [0, 0.1) is 11.6 Å². The van der Waals surface area contributed by atoms with Crippen molar-refractivity contribution in [2.45, 2.75) is 11.4 Å². The minimum Gasteiger partial charge on any atom is -0.316 e. The highest BCUT2D eigenvalue weighted by Crippen LogP contribution is 2.20. The number of aromatic nitrogens is 1. The number of sulfonamides is 1. The van der Waals surface area contributed by atoms with Gasteiger partial charge >= 0.3 is 0 Å². The molecule has 0 saturated heterocycles. The molecule has 0 saturated carbocycles. The number of halogens is 2. The zero-order valence-corrected chi connectivity index (χ0v) is 11.9. The average Bonchev–Trinajstić information content (AvgIpc) is 2.44. The molecule has 21 heavy (non-hydrogen) atoms. The first-order valence-corrected chi connectivity index (χ1v) is 7.47. The van der Waals surface area contributed by atoms with Gasteiger partial charge in [0.2, 0.25) is 0 Å². The Bertz CT molecular complexity index is 751. The molecule has 0 bridgehead atoms. The molecule has 2 N–H and O–H groups in total. The molecule has 112 valence electrons. The van der Waals surface area contributed by atoms with Gasteiger partial charge in [0.15, 0.2) is 5.82 Å². The van der Waals surface area contributed by atoms with E-state index in [-0.39, 0.29) is 22.7 Å². The van der Waals surface area contributed by atoms with Gasteiger partial charge in [-0.15, -0.1) is 0 Å². The summed E-state index contributed by atoms with van der Waals surface area (Å²) >= 11 is 0. The zero-order valence-electron chi connectivity index (χ0n) is 11.1. The van der Waals surface area contributed by atoms with Gasteiger partial charge in [-0.1, -0.05) is 0 Å². The Balaban J connectivity index is 2.36. The number of hydrogen-bond acceptors (Lipinski definition) is 4. The number of hydrogen-bond donors (Lipinski definition) is 2. The topological polar surface area (TPSA) is 71.1 Å². The van der Waals surface area contributed by atoms with E-state index in [1.54, 1.807) is 7.05 Å². The Kier molecular flexibility index (Phi) is 4.49. The quantitative estimate of drug-likeness (QED) is 0.884. The molecular formula is C13H13F2N3O2S. The summed E-state index contributed by atoms with van der Waals surface area (Å²) in [5.41, 5.74) is -0.0138. The van der Waals surface area contributed by atoms with E-state index in [1.165, 1.54) is 18.3 Å². The molecule has 1 aromatic heterocycles. The van der Waals surface area contributed by atoms with Gasteiger partial charge in [-0.3, -0.25) is 9.71 Å². The summed E-state index contributed by atoms with van der Waals surface area (Å²) in [6, 6.07) is 4.58. The summed E-state index contributed by atoms with van der Waals surface area (Å²) in [6.45, 7) is 0.179. The standard InChI is InChI=1S/C13H13F2N3O2S/c1-16-7-9-6-10(2-3-11(9)14)21(19,20)18-13-4-5-17-8-12(13)15/h2-6,8,16H,7H2,1H3,(H,17,18). The number of anilines is 1. The van der Waals surface area contributed by atoms with Gasteiger partial charge < -0.3 is 5.32 Å². The summed E-state index contributed by atoms with van der Waals surface area (Å²) in [7, 11) is -2.39. The normalized spacial score (nSPS) is 11.4. The number of rotatable bonds is 5. The van der Waals surface area contributed by atoms with Gasteiger partial charge in [-0.2, -0.15) is 0 Å². The third-order valence-electron chi connectivity index (χ3n) is 2.71. The van der Waals surface area contributed by atoms with Crippen molar-refractivity contribution in [3.05, 3.63) is 53.9 Å². The fourth-order valence-corrected chi connectivity index (χ4v) is 2.82. The van der Waals surface area contributed by atoms with Gasteiger partial charge in [0, 0.05) is 18.3 Å². The number of pyridine rings is 1. The largest absolute Gasteiger partial charge is 0.316 e. The maximum Gasteiger partial charge on any atom is 0.262 e. The lowest BCUT2D eigenvalue weighted by molar-refractivity contribution is 0.590. The van der Waals surface area contributed by atoms with Gasteiger partial charge in [0.1, 0.15) is 5.82 Å². The Hall–Kier alpha value is -2.06. The highest BCUT2D eigenvalue weighted by atomic mass is 32.2. The Labute approximate surface area is 121 Å². The lowest BCUT2D eigenvalue weighted by Gasteiger charge is -2.10. The minimum absolute atomic E-state index is 0.148. The van der Waals surface area contributed by atoms with Crippen LogP contribution in [0.5, 0.6) is 0 Å². The summed E-state index contributed by atoms with van der Waals surface area (Å²) in [5.74, 6) is -1.31. The fourth-order valence-electron chi connectivity index (χ4n) is 1.71. The van der Waals surface area contributed by atoms with Crippen molar-refractivity contribution < 1.29 is 17.2 Å². The molecule has 2 rings (SSSR count). The molecule has 0 unspecified atom stereocenters. The fraction of sp³-hybridized carbons (Fsp3) is 0.154. The minimum atomic E-state index is -4.01. The lowest BCUT2D eigenvalue weighted by Crippen LogP contribution is -2.15. The van der Waals surface area contributed by atoms with Crippen molar-refractivity contribution in [1.29, 1.82) is 0 Å². The van der Waals surface area contributed by atoms with E-state index in [0.717, 1.165) is 18.3 Å². The second kappa shape index (κ2) is 6.15. The number of benzene rings is 1. The Morgan fingerprint density at radius 3 is 2.62 bits per heavy atom. The molecule has 0 aliphatic rings. The molecule has 0 spiro atoms. The van der Waals surface area contributed by atoms with Crippen LogP contribution < -0.4 is 10.0 Å². The van der Waals surface area contributed by atoms with Crippen LogP contribution in [0.2, 0.25) is 0 Å². The first-order chi connectivity index (χ1) is 9.94. The Morgan fingerprint density at radius 1 is 1.19 bits per heavy atom. The first-order valence-electron chi connectivity index (χ1n) is 5.99. The molecule has 8 heteroatoms. The van der Waals surface area contributed by atoms with Gasteiger partial charge in [-0.25, -0.2) is 17.2 Å². The van der Waals surface area contributed by atoms with E-state index in [0.29, 0.717) is 0 Å². The van der Waals surface area contributed by atoms with Crippen molar-refractivity contribution in [3.63, 3.8) is 0 Å². The second-order valence-electron chi connectivity index (χ2n) is 4.24. The van der Waals surface area contributed by atoms with Crippen molar-refractivity contribution in [2.75, 3.05) is 11.8 Å². The molecule has 0 aliphatic carbocycles. The summed E-state index contributed by atoms with van der Waals surface area (Å²) < 4.78 is 53.4. The van der Waals surface area contributed by atoms with Gasteiger partial charge in [0.25, 0.3) is 10.0 Å². The molecular weight excluding hydrogens is 300 g/mol. The molecule has 0 amide bonds. The maximum atomic E-state index is 13.5. The van der Waals surface area contributed by atoms with Crippen molar-refractivity contribution in [1.82, 2.24) is 10.3 Å². The molecule has 1 aromatic carbocycles. The van der Waals surface area contributed by atoms with Crippen LogP contribution in [-0.4, -0.2) is 20.4 Å². The SMILES string of the molecule is CNCc1cc(S(=O)(=O)Nc2ccncc2F)ccc1F. The predicted octanol–water partition coefficient (Wildman–Crippen LogP) is 1.88. The van der Waals surface area contributed by atoms with Crippen LogP contribution >= 0.6 is 0 Å². The van der Waals surface area contributed by atoms with Gasteiger partial charge in [-0.05, 0) is 31.3 Å². The molecule has 5 nitrogen and oxygen atoms in total. The predicted molar refractivity (Wildman–Crippen MR) is 74.2 cm³/mol. The summed E-state index contributed by atoms with van der Waals surface area (Å²) in [6.07, 6.45) is 2.16.